The van der Waals surface area contributed by atoms with E-state index in [2.05, 4.69) is 5.10 Å². The monoisotopic (exact) mass is 427 g/mol. The third kappa shape index (κ3) is 5.34. The highest BCUT2D eigenvalue weighted by Crippen LogP contribution is 2.34. The second kappa shape index (κ2) is 8.96. The first-order valence-corrected chi connectivity index (χ1v) is 10.2. The summed E-state index contributed by atoms with van der Waals surface area (Å²) in [7, 11) is 1.56. The van der Waals surface area contributed by atoms with E-state index in [4.69, 9.17) is 0 Å². The fourth-order valence-corrected chi connectivity index (χ4v) is 3.54. The zero-order chi connectivity index (χ0) is 22.8. The first-order valence-electron chi connectivity index (χ1n) is 10.2. The van der Waals surface area contributed by atoms with Crippen molar-refractivity contribution in [2.24, 2.45) is 10.5 Å². The first-order chi connectivity index (χ1) is 14.6. The maximum absolute atomic E-state index is 14.5. The standard InChI is InChI=1S/C24H27F2N3O2/c1-24(2,3)14-22(30)28(4)15-23(31)29-21(17-10-6-8-12-19(17)26)13-20(27-29)16-9-5-7-11-18(16)25/h5-12,21H,13-15H2,1-4H3. The number of hydrazone groups is 1. The lowest BCUT2D eigenvalue weighted by Crippen LogP contribution is -2.40. The molecule has 0 saturated heterocycles. The quantitative estimate of drug-likeness (QED) is 0.704. The number of nitrogens with zero attached hydrogens (tertiary/aromatic N) is 3. The van der Waals surface area contributed by atoms with E-state index in [1.165, 1.54) is 22.0 Å². The Morgan fingerprint density at radius 2 is 1.68 bits per heavy atom. The molecule has 0 fully saturated rings. The van der Waals surface area contributed by atoms with E-state index in [1.807, 2.05) is 20.8 Å². The Morgan fingerprint density at radius 3 is 2.29 bits per heavy atom. The lowest BCUT2D eigenvalue weighted by molar-refractivity contribution is -0.141. The smallest absolute Gasteiger partial charge is 0.262 e. The van der Waals surface area contributed by atoms with E-state index >= 15 is 0 Å². The number of likely N-dealkylation sites (N-methyl/N-ethyl adjacent to an activating group) is 1. The van der Waals surface area contributed by atoms with Crippen LogP contribution in [0, 0.1) is 17.0 Å². The van der Waals surface area contributed by atoms with Gasteiger partial charge < -0.3 is 4.90 Å². The highest BCUT2D eigenvalue weighted by molar-refractivity contribution is 6.03. The van der Waals surface area contributed by atoms with Crippen molar-refractivity contribution in [2.45, 2.75) is 39.7 Å². The lowest BCUT2D eigenvalue weighted by Gasteiger charge is -2.26. The van der Waals surface area contributed by atoms with E-state index in [-0.39, 0.29) is 36.3 Å². The van der Waals surface area contributed by atoms with Gasteiger partial charge in [0.1, 0.15) is 18.2 Å². The minimum atomic E-state index is -0.713. The number of hydrogen-bond acceptors (Lipinski definition) is 3. The van der Waals surface area contributed by atoms with Crippen LogP contribution in [0.4, 0.5) is 8.78 Å². The molecule has 0 N–H and O–H groups in total. The van der Waals surface area contributed by atoms with Crippen LogP contribution in [-0.2, 0) is 9.59 Å². The van der Waals surface area contributed by atoms with Crippen LogP contribution in [0.25, 0.3) is 0 Å². The molecule has 1 heterocycles. The van der Waals surface area contributed by atoms with Gasteiger partial charge in [0.15, 0.2) is 0 Å². The molecule has 5 nitrogen and oxygen atoms in total. The van der Waals surface area contributed by atoms with Crippen molar-refractivity contribution >= 4 is 17.5 Å². The van der Waals surface area contributed by atoms with Gasteiger partial charge in [-0.05, 0) is 17.5 Å². The number of benzene rings is 2. The van der Waals surface area contributed by atoms with Gasteiger partial charge >= 0.3 is 0 Å². The van der Waals surface area contributed by atoms with E-state index < -0.39 is 23.6 Å². The van der Waals surface area contributed by atoms with Gasteiger partial charge in [-0.15, -0.1) is 0 Å². The Kier molecular flexibility index (Phi) is 6.53. The predicted molar refractivity (Wildman–Crippen MR) is 115 cm³/mol. The maximum Gasteiger partial charge on any atom is 0.262 e. The summed E-state index contributed by atoms with van der Waals surface area (Å²) in [4.78, 5) is 26.9. The average Bonchev–Trinajstić information content (AvgIpc) is 3.12. The summed E-state index contributed by atoms with van der Waals surface area (Å²) in [6.07, 6.45) is 0.463. The van der Waals surface area contributed by atoms with E-state index in [1.54, 1.807) is 43.4 Å². The summed E-state index contributed by atoms with van der Waals surface area (Å²) in [5.74, 6) is -1.54. The van der Waals surface area contributed by atoms with Crippen molar-refractivity contribution in [3.05, 3.63) is 71.3 Å². The summed E-state index contributed by atoms with van der Waals surface area (Å²) in [6, 6.07) is 11.6. The van der Waals surface area contributed by atoms with E-state index in [0.29, 0.717) is 11.3 Å². The van der Waals surface area contributed by atoms with Crippen LogP contribution < -0.4 is 0 Å². The molecule has 164 valence electrons. The third-order valence-electron chi connectivity index (χ3n) is 5.09. The highest BCUT2D eigenvalue weighted by Gasteiger charge is 2.36. The molecule has 31 heavy (non-hydrogen) atoms. The van der Waals surface area contributed by atoms with Crippen LogP contribution in [-0.4, -0.2) is 41.0 Å². The summed E-state index contributed by atoms with van der Waals surface area (Å²) in [5.41, 5.74) is 0.725. The Labute approximate surface area is 181 Å². The van der Waals surface area contributed by atoms with Gasteiger partial charge in [-0.3, -0.25) is 9.59 Å². The van der Waals surface area contributed by atoms with Crippen molar-refractivity contribution < 1.29 is 18.4 Å². The summed E-state index contributed by atoms with van der Waals surface area (Å²) in [5, 5.41) is 5.54. The number of amides is 2. The van der Waals surface area contributed by atoms with Gasteiger partial charge in [0.05, 0.1) is 11.8 Å². The summed E-state index contributed by atoms with van der Waals surface area (Å²) in [6.45, 7) is 5.63. The lowest BCUT2D eigenvalue weighted by atomic mass is 9.92. The first kappa shape index (κ1) is 22.6. The number of hydrogen-bond donors (Lipinski definition) is 0. The molecule has 0 bridgehead atoms. The normalized spacial score (nSPS) is 16.3. The average molecular weight is 427 g/mol. The molecular weight excluding hydrogens is 400 g/mol. The van der Waals surface area contributed by atoms with Crippen LogP contribution in [0.2, 0.25) is 0 Å². The van der Waals surface area contributed by atoms with Crippen LogP contribution in [0.1, 0.15) is 50.8 Å². The zero-order valence-electron chi connectivity index (χ0n) is 18.2. The molecule has 1 aliphatic heterocycles. The van der Waals surface area contributed by atoms with Crippen molar-refractivity contribution in [3.63, 3.8) is 0 Å². The molecule has 2 aromatic carbocycles. The molecule has 1 aliphatic rings. The largest absolute Gasteiger partial charge is 0.336 e. The fourth-order valence-electron chi connectivity index (χ4n) is 3.54. The summed E-state index contributed by atoms with van der Waals surface area (Å²) < 4.78 is 28.9. The number of halogens is 2. The van der Waals surface area contributed by atoms with Gasteiger partial charge in [0.2, 0.25) is 5.91 Å². The van der Waals surface area contributed by atoms with E-state index in [9.17, 15) is 18.4 Å². The summed E-state index contributed by atoms with van der Waals surface area (Å²) >= 11 is 0. The molecule has 1 unspecified atom stereocenters. The minimum Gasteiger partial charge on any atom is -0.336 e. The molecule has 0 aliphatic carbocycles. The van der Waals surface area contributed by atoms with Gasteiger partial charge in [-0.25, -0.2) is 13.8 Å². The fraction of sp³-hybridized carbons (Fsp3) is 0.375. The third-order valence-corrected chi connectivity index (χ3v) is 5.09. The molecule has 0 spiro atoms. The predicted octanol–water partition coefficient (Wildman–Crippen LogP) is 4.54. The van der Waals surface area contributed by atoms with Crippen molar-refractivity contribution in [3.8, 4) is 0 Å². The second-order valence-electron chi connectivity index (χ2n) is 8.99. The SMILES string of the molecule is CN(CC(=O)N1N=C(c2ccccc2F)CC1c1ccccc1F)C(=O)CC(C)(C)C. The van der Waals surface area contributed by atoms with Gasteiger partial charge in [-0.2, -0.15) is 5.10 Å². The van der Waals surface area contributed by atoms with Crippen LogP contribution in [0.5, 0.6) is 0 Å². The molecule has 0 aromatic heterocycles. The Hall–Kier alpha value is -3.09. The van der Waals surface area contributed by atoms with Crippen molar-refractivity contribution in [1.82, 2.24) is 9.91 Å². The highest BCUT2D eigenvalue weighted by atomic mass is 19.1. The maximum atomic E-state index is 14.5. The topological polar surface area (TPSA) is 53.0 Å². The molecular formula is C24H27F2N3O2. The molecule has 3 rings (SSSR count). The second-order valence-corrected chi connectivity index (χ2v) is 8.99. The molecule has 7 heteroatoms. The van der Waals surface area contributed by atoms with Gasteiger partial charge in [-0.1, -0.05) is 57.2 Å². The van der Waals surface area contributed by atoms with E-state index in [0.717, 1.165) is 0 Å². The van der Waals surface area contributed by atoms with Crippen molar-refractivity contribution in [1.29, 1.82) is 0 Å². The van der Waals surface area contributed by atoms with Gasteiger partial charge in [0.25, 0.3) is 5.91 Å². The zero-order valence-corrected chi connectivity index (χ0v) is 18.2. The molecule has 1 atom stereocenters. The molecule has 2 amide bonds. The van der Waals surface area contributed by atoms with Crippen LogP contribution in [0.3, 0.4) is 0 Å². The Bertz CT molecular complexity index is 1010. The molecule has 2 aromatic rings. The van der Waals surface area contributed by atoms with Crippen LogP contribution in [0.15, 0.2) is 53.6 Å². The number of carbonyl (C=O) groups is 2. The molecule has 0 saturated carbocycles. The van der Waals surface area contributed by atoms with Crippen LogP contribution >= 0.6 is 0 Å². The van der Waals surface area contributed by atoms with Gasteiger partial charge in [0, 0.05) is 31.0 Å². The molecule has 0 radical (unpaired) electrons. The Morgan fingerprint density at radius 1 is 1.06 bits per heavy atom. The number of carbonyl (C=O) groups excluding carboxylic acids is 2. The van der Waals surface area contributed by atoms with Crippen molar-refractivity contribution in [2.75, 3.05) is 13.6 Å². The number of rotatable bonds is 5. The Balaban J connectivity index is 1.89. The minimum absolute atomic E-state index is 0.166.